The number of thiazole rings is 1. The first-order chi connectivity index (χ1) is 8.06. The molecule has 0 bridgehead atoms. The van der Waals surface area contributed by atoms with Crippen molar-refractivity contribution in [1.29, 1.82) is 0 Å². The fourth-order valence-electron chi connectivity index (χ4n) is 2.82. The number of piperidine rings is 1. The van der Waals surface area contributed by atoms with Crippen molar-refractivity contribution in [2.45, 2.75) is 39.7 Å². The lowest BCUT2D eigenvalue weighted by Gasteiger charge is -2.41. The van der Waals surface area contributed by atoms with Gasteiger partial charge in [0.25, 0.3) is 0 Å². The number of nitrogens with zero attached hydrogens (tertiary/aromatic N) is 2. The van der Waals surface area contributed by atoms with Crippen LogP contribution in [0.2, 0.25) is 0 Å². The number of aromatic nitrogens is 1. The van der Waals surface area contributed by atoms with Crippen LogP contribution in [0.4, 0.5) is 5.13 Å². The van der Waals surface area contributed by atoms with Crippen LogP contribution in [-0.2, 0) is 6.42 Å². The zero-order valence-corrected chi connectivity index (χ0v) is 11.8. The van der Waals surface area contributed by atoms with Gasteiger partial charge in [-0.3, -0.25) is 4.90 Å². The van der Waals surface area contributed by atoms with Crippen LogP contribution in [0.5, 0.6) is 0 Å². The summed E-state index contributed by atoms with van der Waals surface area (Å²) < 4.78 is 0. The van der Waals surface area contributed by atoms with Gasteiger partial charge in [-0.1, -0.05) is 13.8 Å². The van der Waals surface area contributed by atoms with E-state index in [9.17, 15) is 0 Å². The first-order valence-electron chi connectivity index (χ1n) is 6.50. The first kappa shape index (κ1) is 12.8. The summed E-state index contributed by atoms with van der Waals surface area (Å²) in [4.78, 5) is 6.93. The second-order valence-corrected chi connectivity index (χ2v) is 6.37. The smallest absolute Gasteiger partial charge is 0.180 e. The number of hydrogen-bond donors (Lipinski definition) is 1. The Kier molecular flexibility index (Phi) is 4.05. The van der Waals surface area contributed by atoms with E-state index >= 15 is 0 Å². The molecular formula is C13H23N3S. The van der Waals surface area contributed by atoms with E-state index in [1.165, 1.54) is 13.0 Å². The highest BCUT2D eigenvalue weighted by molar-refractivity contribution is 7.13. The van der Waals surface area contributed by atoms with E-state index in [0.717, 1.165) is 30.5 Å². The average Bonchev–Trinajstić information content (AvgIpc) is 2.67. The van der Waals surface area contributed by atoms with Gasteiger partial charge in [-0.05, 0) is 25.2 Å². The third-order valence-electron chi connectivity index (χ3n) is 3.94. The van der Waals surface area contributed by atoms with E-state index in [0.29, 0.717) is 11.2 Å². The number of anilines is 1. The first-order valence-corrected chi connectivity index (χ1v) is 7.38. The Morgan fingerprint density at radius 2 is 2.24 bits per heavy atom. The average molecular weight is 253 g/mol. The molecule has 1 aliphatic rings. The maximum absolute atomic E-state index is 5.65. The van der Waals surface area contributed by atoms with Gasteiger partial charge in [-0.15, -0.1) is 11.3 Å². The lowest BCUT2D eigenvalue weighted by atomic mass is 9.86. The summed E-state index contributed by atoms with van der Waals surface area (Å²) in [6.07, 6.45) is 2.39. The standard InChI is InChI=1S/C13H23N3S/c1-9-6-10(2)11(3)16(7-9)5-4-12-8-17-13(14)15-12/h8-11H,4-7H2,1-3H3,(H2,14,15). The second kappa shape index (κ2) is 5.36. The lowest BCUT2D eigenvalue weighted by Crippen LogP contribution is -2.46. The van der Waals surface area contributed by atoms with Crippen molar-refractivity contribution in [1.82, 2.24) is 9.88 Å². The Bertz CT molecular complexity index is 363. The molecule has 2 rings (SSSR count). The van der Waals surface area contributed by atoms with E-state index < -0.39 is 0 Å². The molecule has 0 spiro atoms. The normalized spacial score (nSPS) is 30.6. The molecule has 1 fully saturated rings. The summed E-state index contributed by atoms with van der Waals surface area (Å²) in [7, 11) is 0. The number of likely N-dealkylation sites (tertiary alicyclic amines) is 1. The summed E-state index contributed by atoms with van der Waals surface area (Å²) in [5, 5.41) is 2.77. The molecule has 1 aromatic rings. The van der Waals surface area contributed by atoms with Gasteiger partial charge in [-0.25, -0.2) is 4.98 Å². The predicted molar refractivity (Wildman–Crippen MR) is 74.2 cm³/mol. The van der Waals surface area contributed by atoms with Gasteiger partial charge in [0, 0.05) is 30.9 Å². The van der Waals surface area contributed by atoms with E-state index in [1.54, 1.807) is 11.3 Å². The monoisotopic (exact) mass is 253 g/mol. The Labute approximate surface area is 108 Å². The molecule has 17 heavy (non-hydrogen) atoms. The highest BCUT2D eigenvalue weighted by atomic mass is 32.1. The largest absolute Gasteiger partial charge is 0.375 e. The summed E-state index contributed by atoms with van der Waals surface area (Å²) in [5.41, 5.74) is 6.80. The molecule has 3 atom stereocenters. The van der Waals surface area contributed by atoms with Crippen LogP contribution in [0.25, 0.3) is 0 Å². The summed E-state index contributed by atoms with van der Waals surface area (Å²) in [6.45, 7) is 9.42. The topological polar surface area (TPSA) is 42.1 Å². The van der Waals surface area contributed by atoms with E-state index in [2.05, 4.69) is 36.0 Å². The van der Waals surface area contributed by atoms with Crippen LogP contribution in [-0.4, -0.2) is 29.0 Å². The molecule has 1 aliphatic heterocycles. The molecular weight excluding hydrogens is 230 g/mol. The summed E-state index contributed by atoms with van der Waals surface area (Å²) in [6, 6.07) is 0.696. The fourth-order valence-corrected chi connectivity index (χ4v) is 3.42. The highest BCUT2D eigenvalue weighted by Crippen LogP contribution is 2.27. The minimum atomic E-state index is 0.688. The van der Waals surface area contributed by atoms with Crippen molar-refractivity contribution >= 4 is 16.5 Å². The fraction of sp³-hybridized carbons (Fsp3) is 0.769. The molecule has 0 amide bonds. The number of nitrogens with two attached hydrogens (primary N) is 1. The maximum Gasteiger partial charge on any atom is 0.180 e. The van der Waals surface area contributed by atoms with Crippen LogP contribution >= 0.6 is 11.3 Å². The summed E-state index contributed by atoms with van der Waals surface area (Å²) >= 11 is 1.54. The molecule has 4 heteroatoms. The highest BCUT2D eigenvalue weighted by Gasteiger charge is 2.28. The van der Waals surface area contributed by atoms with Gasteiger partial charge >= 0.3 is 0 Å². The molecule has 3 unspecified atom stereocenters. The van der Waals surface area contributed by atoms with Gasteiger partial charge in [0.05, 0.1) is 5.69 Å². The van der Waals surface area contributed by atoms with Crippen molar-refractivity contribution in [3.05, 3.63) is 11.1 Å². The Balaban J connectivity index is 1.89. The second-order valence-electron chi connectivity index (χ2n) is 5.48. The van der Waals surface area contributed by atoms with Gasteiger partial charge < -0.3 is 5.73 Å². The van der Waals surface area contributed by atoms with Gasteiger partial charge in [-0.2, -0.15) is 0 Å². The minimum Gasteiger partial charge on any atom is -0.375 e. The number of rotatable bonds is 3. The van der Waals surface area contributed by atoms with E-state index in [1.807, 2.05) is 0 Å². The molecule has 1 aromatic heterocycles. The maximum atomic E-state index is 5.65. The SMILES string of the molecule is CC1CC(C)C(C)N(CCc2csc(N)n2)C1. The zero-order chi connectivity index (χ0) is 12.4. The molecule has 2 heterocycles. The van der Waals surface area contributed by atoms with Crippen LogP contribution < -0.4 is 5.73 Å². The van der Waals surface area contributed by atoms with Crippen molar-refractivity contribution < 1.29 is 0 Å². The Morgan fingerprint density at radius 1 is 1.47 bits per heavy atom. The van der Waals surface area contributed by atoms with Gasteiger partial charge in [0.15, 0.2) is 5.13 Å². The van der Waals surface area contributed by atoms with Crippen LogP contribution in [0.15, 0.2) is 5.38 Å². The van der Waals surface area contributed by atoms with Crippen LogP contribution in [0, 0.1) is 11.8 Å². The predicted octanol–water partition coefficient (Wildman–Crippen LogP) is 2.63. The van der Waals surface area contributed by atoms with Gasteiger partial charge in [0.2, 0.25) is 0 Å². The molecule has 96 valence electrons. The van der Waals surface area contributed by atoms with Crippen molar-refractivity contribution in [3.63, 3.8) is 0 Å². The van der Waals surface area contributed by atoms with Crippen LogP contribution in [0.1, 0.15) is 32.9 Å². The van der Waals surface area contributed by atoms with Crippen molar-refractivity contribution in [2.24, 2.45) is 11.8 Å². The van der Waals surface area contributed by atoms with E-state index in [-0.39, 0.29) is 0 Å². The summed E-state index contributed by atoms with van der Waals surface area (Å²) in [5.74, 6) is 1.63. The lowest BCUT2D eigenvalue weighted by molar-refractivity contribution is 0.0808. The number of nitrogen functional groups attached to an aromatic ring is 1. The molecule has 2 N–H and O–H groups in total. The van der Waals surface area contributed by atoms with Crippen molar-refractivity contribution in [2.75, 3.05) is 18.8 Å². The van der Waals surface area contributed by atoms with E-state index in [4.69, 9.17) is 5.73 Å². The van der Waals surface area contributed by atoms with Crippen LogP contribution in [0.3, 0.4) is 0 Å². The quantitative estimate of drug-likeness (QED) is 0.900. The molecule has 3 nitrogen and oxygen atoms in total. The molecule has 0 saturated carbocycles. The molecule has 0 aliphatic carbocycles. The number of hydrogen-bond acceptors (Lipinski definition) is 4. The molecule has 1 saturated heterocycles. The minimum absolute atomic E-state index is 0.688. The van der Waals surface area contributed by atoms with Crippen molar-refractivity contribution in [3.8, 4) is 0 Å². The molecule has 0 radical (unpaired) electrons. The Hall–Kier alpha value is -0.610. The zero-order valence-electron chi connectivity index (χ0n) is 11.0. The Morgan fingerprint density at radius 3 is 2.88 bits per heavy atom. The third-order valence-corrected chi connectivity index (χ3v) is 4.67. The third kappa shape index (κ3) is 3.19. The molecule has 0 aromatic carbocycles. The van der Waals surface area contributed by atoms with Gasteiger partial charge in [0.1, 0.15) is 0 Å².